The van der Waals surface area contributed by atoms with Crippen LogP contribution in [0.2, 0.25) is 0 Å². The van der Waals surface area contributed by atoms with Crippen LogP contribution in [-0.2, 0) is 0 Å². The highest BCUT2D eigenvalue weighted by molar-refractivity contribution is 5.51. The molecule has 0 heterocycles. The Morgan fingerprint density at radius 2 is 1.32 bits per heavy atom. The summed E-state index contributed by atoms with van der Waals surface area (Å²) >= 11 is 0. The van der Waals surface area contributed by atoms with E-state index in [0.29, 0.717) is 0 Å². The van der Waals surface area contributed by atoms with Crippen LogP contribution in [0.1, 0.15) is 22.3 Å². The number of hydrogen-bond donors (Lipinski definition) is 0. The van der Waals surface area contributed by atoms with E-state index in [9.17, 15) is 0 Å². The molecule has 2 heteroatoms. The van der Waals surface area contributed by atoms with Gasteiger partial charge in [0.05, 0.1) is 7.11 Å². The number of hydrogen-bond acceptors (Lipinski definition) is 2. The largest absolute Gasteiger partial charge is 0.496 e. The number of rotatable bonds is 3. The number of aryl methyl sites for hydroxylation is 3. The number of methoxy groups -OCH3 is 1. The van der Waals surface area contributed by atoms with Gasteiger partial charge in [0.1, 0.15) is 17.2 Å². The Balaban J connectivity index is 2.45. The van der Waals surface area contributed by atoms with Crippen molar-refractivity contribution in [1.29, 1.82) is 0 Å². The van der Waals surface area contributed by atoms with Crippen molar-refractivity contribution in [2.45, 2.75) is 27.7 Å². The van der Waals surface area contributed by atoms with E-state index >= 15 is 0 Å². The zero-order valence-corrected chi connectivity index (χ0v) is 12.2. The molecule has 0 aliphatic rings. The van der Waals surface area contributed by atoms with Gasteiger partial charge >= 0.3 is 0 Å². The molecule has 2 aromatic carbocycles. The van der Waals surface area contributed by atoms with E-state index in [-0.39, 0.29) is 0 Å². The summed E-state index contributed by atoms with van der Waals surface area (Å²) in [5.41, 5.74) is 4.43. The van der Waals surface area contributed by atoms with Gasteiger partial charge in [-0.1, -0.05) is 24.3 Å². The molecule has 0 saturated heterocycles. The molecule has 19 heavy (non-hydrogen) atoms. The summed E-state index contributed by atoms with van der Waals surface area (Å²) in [7, 11) is 1.69. The third kappa shape index (κ3) is 2.58. The monoisotopic (exact) mass is 256 g/mol. The standard InChI is InChI=1S/C17H20O2/c1-11-7-6-8-12(2)16(11)19-15-10-9-13(3)17(18-5)14(15)4/h6-10H,1-5H3. The molecule has 0 N–H and O–H groups in total. The van der Waals surface area contributed by atoms with E-state index in [2.05, 4.69) is 26.0 Å². The van der Waals surface area contributed by atoms with Crippen molar-refractivity contribution in [1.82, 2.24) is 0 Å². The number of para-hydroxylation sites is 1. The fraction of sp³-hybridized carbons (Fsp3) is 0.294. The fourth-order valence-corrected chi connectivity index (χ4v) is 2.30. The molecule has 0 fully saturated rings. The normalized spacial score (nSPS) is 10.4. The quantitative estimate of drug-likeness (QED) is 0.791. The second-order valence-corrected chi connectivity index (χ2v) is 4.86. The van der Waals surface area contributed by atoms with E-state index in [4.69, 9.17) is 9.47 Å². The minimum Gasteiger partial charge on any atom is -0.496 e. The van der Waals surface area contributed by atoms with Crippen LogP contribution in [0.4, 0.5) is 0 Å². The van der Waals surface area contributed by atoms with Crippen LogP contribution in [0.3, 0.4) is 0 Å². The van der Waals surface area contributed by atoms with E-state index in [1.165, 1.54) is 0 Å². The minimum atomic E-state index is 0.847. The fourth-order valence-electron chi connectivity index (χ4n) is 2.30. The zero-order valence-electron chi connectivity index (χ0n) is 12.2. The average Bonchev–Trinajstić information content (AvgIpc) is 2.37. The van der Waals surface area contributed by atoms with Crippen LogP contribution in [0, 0.1) is 27.7 Å². The maximum Gasteiger partial charge on any atom is 0.134 e. The lowest BCUT2D eigenvalue weighted by molar-refractivity contribution is 0.401. The molecule has 0 spiro atoms. The molecule has 100 valence electrons. The lowest BCUT2D eigenvalue weighted by Crippen LogP contribution is -1.96. The van der Waals surface area contributed by atoms with Crippen molar-refractivity contribution in [3.05, 3.63) is 52.6 Å². The summed E-state index contributed by atoms with van der Waals surface area (Å²) in [4.78, 5) is 0. The molecular weight excluding hydrogens is 236 g/mol. The predicted molar refractivity (Wildman–Crippen MR) is 78.5 cm³/mol. The second-order valence-electron chi connectivity index (χ2n) is 4.86. The van der Waals surface area contributed by atoms with Gasteiger partial charge in [-0.25, -0.2) is 0 Å². The van der Waals surface area contributed by atoms with Crippen LogP contribution in [0.5, 0.6) is 17.2 Å². The van der Waals surface area contributed by atoms with Crippen LogP contribution in [-0.4, -0.2) is 7.11 Å². The lowest BCUT2D eigenvalue weighted by Gasteiger charge is -2.16. The summed E-state index contributed by atoms with van der Waals surface area (Å²) in [5, 5.41) is 0. The molecule has 0 bridgehead atoms. The van der Waals surface area contributed by atoms with E-state index < -0.39 is 0 Å². The smallest absolute Gasteiger partial charge is 0.134 e. The lowest BCUT2D eigenvalue weighted by atomic mass is 10.1. The molecule has 0 aliphatic carbocycles. The first-order valence-electron chi connectivity index (χ1n) is 6.43. The van der Waals surface area contributed by atoms with Crippen molar-refractivity contribution < 1.29 is 9.47 Å². The van der Waals surface area contributed by atoms with E-state index in [0.717, 1.165) is 39.5 Å². The summed E-state index contributed by atoms with van der Waals surface area (Å²) in [6.45, 7) is 8.18. The molecule has 2 aromatic rings. The Morgan fingerprint density at radius 1 is 0.737 bits per heavy atom. The molecule has 2 rings (SSSR count). The van der Waals surface area contributed by atoms with Crippen molar-refractivity contribution in [3.63, 3.8) is 0 Å². The van der Waals surface area contributed by atoms with Gasteiger partial charge in [-0.05, 0) is 50.5 Å². The predicted octanol–water partition coefficient (Wildman–Crippen LogP) is 4.72. The molecule has 0 unspecified atom stereocenters. The first-order chi connectivity index (χ1) is 9.04. The Morgan fingerprint density at radius 3 is 1.89 bits per heavy atom. The Bertz CT molecular complexity index is 580. The third-order valence-electron chi connectivity index (χ3n) is 3.38. The van der Waals surface area contributed by atoms with Crippen LogP contribution < -0.4 is 9.47 Å². The number of benzene rings is 2. The number of ether oxygens (including phenoxy) is 2. The van der Waals surface area contributed by atoms with Gasteiger partial charge in [-0.3, -0.25) is 0 Å². The Labute approximate surface area is 115 Å². The summed E-state index contributed by atoms with van der Waals surface area (Å²) < 4.78 is 11.5. The van der Waals surface area contributed by atoms with E-state index in [1.54, 1.807) is 7.11 Å². The van der Waals surface area contributed by atoms with Gasteiger partial charge < -0.3 is 9.47 Å². The SMILES string of the molecule is COc1c(C)ccc(Oc2c(C)cccc2C)c1C. The van der Waals surface area contributed by atoms with Gasteiger partial charge in [0, 0.05) is 5.56 Å². The third-order valence-corrected chi connectivity index (χ3v) is 3.38. The van der Waals surface area contributed by atoms with Crippen molar-refractivity contribution in [3.8, 4) is 17.2 Å². The van der Waals surface area contributed by atoms with E-state index in [1.807, 2.05) is 32.0 Å². The van der Waals surface area contributed by atoms with Gasteiger partial charge in [0.2, 0.25) is 0 Å². The molecule has 0 aliphatic heterocycles. The van der Waals surface area contributed by atoms with Crippen molar-refractivity contribution in [2.24, 2.45) is 0 Å². The average molecular weight is 256 g/mol. The molecule has 0 atom stereocenters. The van der Waals surface area contributed by atoms with Crippen LogP contribution in [0.25, 0.3) is 0 Å². The highest BCUT2D eigenvalue weighted by atomic mass is 16.5. The van der Waals surface area contributed by atoms with Gasteiger partial charge in [0.25, 0.3) is 0 Å². The molecule has 0 radical (unpaired) electrons. The highest BCUT2D eigenvalue weighted by Crippen LogP contribution is 2.35. The molecule has 0 amide bonds. The first kappa shape index (κ1) is 13.5. The maximum atomic E-state index is 6.09. The molecule has 2 nitrogen and oxygen atoms in total. The van der Waals surface area contributed by atoms with Crippen LogP contribution in [0.15, 0.2) is 30.3 Å². The van der Waals surface area contributed by atoms with Crippen molar-refractivity contribution >= 4 is 0 Å². The second kappa shape index (κ2) is 5.35. The minimum absolute atomic E-state index is 0.847. The van der Waals surface area contributed by atoms with Crippen LogP contribution >= 0.6 is 0 Å². The first-order valence-corrected chi connectivity index (χ1v) is 6.43. The zero-order chi connectivity index (χ0) is 14.0. The summed E-state index contributed by atoms with van der Waals surface area (Å²) in [6.07, 6.45) is 0. The highest BCUT2D eigenvalue weighted by Gasteiger charge is 2.11. The topological polar surface area (TPSA) is 18.5 Å². The molecule has 0 saturated carbocycles. The molecular formula is C17H20O2. The maximum absolute atomic E-state index is 6.09. The summed E-state index contributed by atoms with van der Waals surface area (Å²) in [6, 6.07) is 10.2. The van der Waals surface area contributed by atoms with Gasteiger partial charge in [-0.2, -0.15) is 0 Å². The van der Waals surface area contributed by atoms with Crippen molar-refractivity contribution in [2.75, 3.05) is 7.11 Å². The Hall–Kier alpha value is -1.96. The van der Waals surface area contributed by atoms with Gasteiger partial charge in [-0.15, -0.1) is 0 Å². The molecule has 0 aromatic heterocycles. The Kier molecular flexibility index (Phi) is 3.79. The van der Waals surface area contributed by atoms with Gasteiger partial charge in [0.15, 0.2) is 0 Å². The summed E-state index contributed by atoms with van der Waals surface area (Å²) in [5.74, 6) is 2.67.